The number of carbonyl (C=O) groups is 2. The lowest BCUT2D eigenvalue weighted by molar-refractivity contribution is -0.384. The number of hydrazone groups is 1. The maximum Gasteiger partial charge on any atom is 0.280 e. The zero-order valence-electron chi connectivity index (χ0n) is 16.7. The fraction of sp³-hybridized carbons (Fsp3) is 0.348. The van der Waals surface area contributed by atoms with E-state index in [9.17, 15) is 19.7 Å². The molecule has 2 heterocycles. The molecule has 6 atom stereocenters. The third-order valence-corrected chi connectivity index (χ3v) is 7.18. The second-order valence-electron chi connectivity index (χ2n) is 8.87. The first-order chi connectivity index (χ1) is 14.9. The van der Waals surface area contributed by atoms with Gasteiger partial charge in [-0.25, -0.2) is 0 Å². The summed E-state index contributed by atoms with van der Waals surface area (Å²) < 4.78 is 5.71. The van der Waals surface area contributed by atoms with Crippen molar-refractivity contribution in [2.45, 2.75) is 13.3 Å². The number of allylic oxidation sites excluding steroid dienone is 2. The Hall–Kier alpha value is -3.55. The van der Waals surface area contributed by atoms with E-state index in [1.807, 2.05) is 0 Å². The van der Waals surface area contributed by atoms with Crippen LogP contribution in [0.4, 0.5) is 5.69 Å². The second kappa shape index (κ2) is 6.23. The van der Waals surface area contributed by atoms with Crippen molar-refractivity contribution in [3.8, 4) is 11.3 Å². The van der Waals surface area contributed by atoms with E-state index in [4.69, 9.17) is 4.42 Å². The number of imide groups is 1. The highest BCUT2D eigenvalue weighted by Gasteiger charge is 2.67. The number of rotatable bonds is 4. The minimum Gasteiger partial charge on any atom is -0.455 e. The SMILES string of the molecule is Cc1ccc(-c2ccc(C=NN3C(=O)[C@@H]4[C@H]5C=C[C@@H]([C@@H]6C[C@@H]56)[C@H]4C3=O)o2)c([N+](=O)[O-])c1. The molecule has 2 aromatic rings. The smallest absolute Gasteiger partial charge is 0.280 e. The average Bonchev–Trinajstić information content (AvgIpc) is 3.39. The maximum atomic E-state index is 13.0. The van der Waals surface area contributed by atoms with Gasteiger partial charge in [-0.2, -0.15) is 10.1 Å². The molecule has 31 heavy (non-hydrogen) atoms. The van der Waals surface area contributed by atoms with Gasteiger partial charge in [0, 0.05) is 6.07 Å². The maximum absolute atomic E-state index is 13.0. The summed E-state index contributed by atoms with van der Waals surface area (Å²) in [4.78, 5) is 36.8. The molecule has 156 valence electrons. The molecule has 1 aromatic carbocycles. The van der Waals surface area contributed by atoms with Crippen molar-refractivity contribution in [3.05, 3.63) is 63.9 Å². The first-order valence-corrected chi connectivity index (χ1v) is 10.4. The highest BCUT2D eigenvalue weighted by atomic mass is 16.6. The Labute approximate surface area is 177 Å². The number of hydrogen-bond acceptors (Lipinski definition) is 6. The minimum absolute atomic E-state index is 0.0478. The third kappa shape index (κ3) is 2.57. The molecule has 1 aromatic heterocycles. The van der Waals surface area contributed by atoms with E-state index in [1.165, 1.54) is 12.3 Å². The molecule has 8 nitrogen and oxygen atoms in total. The Kier molecular flexibility index (Phi) is 3.66. The summed E-state index contributed by atoms with van der Waals surface area (Å²) in [6.45, 7) is 1.78. The molecule has 4 aliphatic carbocycles. The molecular weight excluding hydrogens is 398 g/mol. The van der Waals surface area contributed by atoms with E-state index < -0.39 is 4.92 Å². The van der Waals surface area contributed by atoms with Crippen LogP contribution in [0.3, 0.4) is 0 Å². The molecular formula is C23H19N3O5. The molecule has 5 aliphatic rings. The normalized spacial score (nSPS) is 32.6. The van der Waals surface area contributed by atoms with Gasteiger partial charge in [-0.15, -0.1) is 0 Å². The van der Waals surface area contributed by atoms with E-state index in [1.54, 1.807) is 31.2 Å². The molecule has 2 saturated carbocycles. The van der Waals surface area contributed by atoms with E-state index >= 15 is 0 Å². The van der Waals surface area contributed by atoms with Crippen molar-refractivity contribution in [2.24, 2.45) is 40.6 Å². The van der Waals surface area contributed by atoms with Crippen LogP contribution in [0.25, 0.3) is 11.3 Å². The highest BCUT2D eigenvalue weighted by Crippen LogP contribution is 2.65. The second-order valence-corrected chi connectivity index (χ2v) is 8.87. The van der Waals surface area contributed by atoms with Gasteiger partial charge >= 0.3 is 0 Å². The Morgan fingerprint density at radius 3 is 2.42 bits per heavy atom. The summed E-state index contributed by atoms with van der Waals surface area (Å²) >= 11 is 0. The first-order valence-electron chi connectivity index (χ1n) is 10.4. The van der Waals surface area contributed by atoms with Crippen LogP contribution in [0.15, 0.2) is 52.0 Å². The molecule has 0 unspecified atom stereocenters. The van der Waals surface area contributed by atoms with Crippen LogP contribution in [0, 0.1) is 52.5 Å². The van der Waals surface area contributed by atoms with E-state index in [0.717, 1.165) is 17.0 Å². The zero-order chi connectivity index (χ0) is 21.4. The number of benzene rings is 1. The number of nitrogens with zero attached hydrogens (tertiary/aromatic N) is 3. The number of amides is 2. The number of carbonyl (C=O) groups excluding carboxylic acids is 2. The monoisotopic (exact) mass is 417 g/mol. The Morgan fingerprint density at radius 1 is 1.10 bits per heavy atom. The minimum atomic E-state index is -0.450. The van der Waals surface area contributed by atoms with Crippen molar-refractivity contribution in [1.29, 1.82) is 0 Å². The lowest BCUT2D eigenvalue weighted by atomic mass is 9.63. The molecule has 0 spiro atoms. The predicted molar refractivity (Wildman–Crippen MR) is 110 cm³/mol. The van der Waals surface area contributed by atoms with Crippen LogP contribution in [0.2, 0.25) is 0 Å². The summed E-state index contributed by atoms with van der Waals surface area (Å²) in [5, 5.41) is 16.5. The lowest BCUT2D eigenvalue weighted by Crippen LogP contribution is -2.40. The van der Waals surface area contributed by atoms with Crippen molar-refractivity contribution in [2.75, 3.05) is 0 Å². The zero-order valence-corrected chi connectivity index (χ0v) is 16.7. The van der Waals surface area contributed by atoms with Crippen LogP contribution < -0.4 is 0 Å². The van der Waals surface area contributed by atoms with Gasteiger partial charge in [-0.05, 0) is 60.8 Å². The molecule has 2 amide bonds. The number of aryl methyl sites for hydroxylation is 1. The number of furan rings is 1. The van der Waals surface area contributed by atoms with Gasteiger partial charge in [-0.3, -0.25) is 19.7 Å². The summed E-state index contributed by atoms with van der Waals surface area (Å²) in [5.41, 5.74) is 1.09. The van der Waals surface area contributed by atoms with Gasteiger partial charge in [0.25, 0.3) is 17.5 Å². The molecule has 8 heteroatoms. The average molecular weight is 417 g/mol. The van der Waals surface area contributed by atoms with Crippen molar-refractivity contribution < 1.29 is 18.9 Å². The van der Waals surface area contributed by atoms with Gasteiger partial charge < -0.3 is 4.42 Å². The van der Waals surface area contributed by atoms with Crippen LogP contribution in [0.5, 0.6) is 0 Å². The fourth-order valence-corrected chi connectivity index (χ4v) is 5.74. The summed E-state index contributed by atoms with van der Waals surface area (Å²) in [5.74, 6) is 0.922. The number of nitro benzene ring substituents is 1. The molecule has 7 rings (SSSR count). The summed E-state index contributed by atoms with van der Waals surface area (Å²) in [6, 6.07) is 8.13. The van der Waals surface area contributed by atoms with Gasteiger partial charge in [0.05, 0.1) is 28.5 Å². The molecule has 1 aliphatic heterocycles. The van der Waals surface area contributed by atoms with Gasteiger partial charge in [0.15, 0.2) is 0 Å². The quantitative estimate of drug-likeness (QED) is 0.249. The van der Waals surface area contributed by atoms with Crippen molar-refractivity contribution in [1.82, 2.24) is 5.01 Å². The molecule has 0 radical (unpaired) electrons. The third-order valence-electron chi connectivity index (χ3n) is 7.18. The Morgan fingerprint density at radius 2 is 1.77 bits per heavy atom. The largest absolute Gasteiger partial charge is 0.455 e. The molecule has 2 bridgehead atoms. The van der Waals surface area contributed by atoms with Gasteiger partial charge in [0.1, 0.15) is 11.5 Å². The lowest BCUT2D eigenvalue weighted by Gasteiger charge is -2.37. The molecule has 0 N–H and O–H groups in total. The van der Waals surface area contributed by atoms with Gasteiger partial charge in [-0.1, -0.05) is 18.2 Å². The van der Waals surface area contributed by atoms with Crippen molar-refractivity contribution in [3.63, 3.8) is 0 Å². The standard InChI is InChI=1S/C23H19N3O5/c1-11-2-4-15(18(8-11)26(29)30)19-7-3-12(31-19)10-24-25-22(27)20-13-5-6-14(17-9-16(13)17)21(20)23(25)28/h2-8,10,13-14,16-17,20-21H,9H2,1H3/t13-,14-,16-,17-,20+,21+/m0/s1. The highest BCUT2D eigenvalue weighted by molar-refractivity contribution is 6.06. The summed E-state index contributed by atoms with van der Waals surface area (Å²) in [6.07, 6.45) is 6.67. The fourth-order valence-electron chi connectivity index (χ4n) is 5.74. The molecule has 1 saturated heterocycles. The first kappa shape index (κ1) is 18.2. The van der Waals surface area contributed by atoms with E-state index in [0.29, 0.717) is 28.9 Å². The van der Waals surface area contributed by atoms with Crippen LogP contribution >= 0.6 is 0 Å². The van der Waals surface area contributed by atoms with Crippen molar-refractivity contribution >= 4 is 23.7 Å². The topological polar surface area (TPSA) is 106 Å². The van der Waals surface area contributed by atoms with E-state index in [2.05, 4.69) is 17.3 Å². The number of nitro groups is 1. The van der Waals surface area contributed by atoms with Crippen LogP contribution in [-0.2, 0) is 9.59 Å². The predicted octanol–water partition coefficient (Wildman–Crippen LogP) is 3.55. The Bertz CT molecular complexity index is 1180. The van der Waals surface area contributed by atoms with Crippen LogP contribution in [0.1, 0.15) is 17.7 Å². The van der Waals surface area contributed by atoms with Crippen LogP contribution in [-0.4, -0.2) is 28.0 Å². The van der Waals surface area contributed by atoms with E-state index in [-0.39, 0.29) is 41.2 Å². The molecule has 3 fully saturated rings. The van der Waals surface area contributed by atoms with Gasteiger partial charge in [0.2, 0.25) is 0 Å². The summed E-state index contributed by atoms with van der Waals surface area (Å²) in [7, 11) is 0. The Balaban J connectivity index is 1.26. The number of hydrogen-bond donors (Lipinski definition) is 0.